The monoisotopic (exact) mass is 662 g/mol. The molecule has 6 rings (SSSR count). The van der Waals surface area contributed by atoms with Crippen LogP contribution in [0.15, 0.2) is 158 Å². The van der Waals surface area contributed by atoms with Crippen LogP contribution in [0.1, 0.15) is 67.6 Å². The van der Waals surface area contributed by atoms with Gasteiger partial charge in [0.1, 0.15) is 11.5 Å². The van der Waals surface area contributed by atoms with Gasteiger partial charge in [-0.05, 0) is 65.2 Å². The standard InChI is InChI=1S/C30H36N2O2Si.C13H11B/c1-3-5-20-33-27-14-10-12-25(22-27)30(32-19-18-31-24-32,35-29-16-8-7-9-17-29)26-13-11-15-28(23-26)34-21-6-4-2;14-13(11-7-3-1-4-8-11)12-9-5-2-6-10-12/h7-19,22-24H,3-6,20-21,35H2,1-2H3;1-10,13H. The van der Waals surface area contributed by atoms with Crippen LogP contribution >= 0.6 is 0 Å². The Bertz CT molecular complexity index is 1690. The summed E-state index contributed by atoms with van der Waals surface area (Å²) in [6, 6.07) is 48.4. The van der Waals surface area contributed by atoms with Gasteiger partial charge in [-0.3, -0.25) is 0 Å². The molecule has 0 bridgehead atoms. The SMILES string of the molecule is CCCCOc1cccc(C([SiH2]c2ccccc2)(c2cccc(OCCCC)c2)n2ccnc2)c1.[B]C(c1ccccc1)c1ccccc1. The largest absolute Gasteiger partial charge is 0.494 e. The van der Waals surface area contributed by atoms with Crippen molar-refractivity contribution in [2.75, 3.05) is 13.2 Å². The van der Waals surface area contributed by atoms with E-state index < -0.39 is 9.52 Å². The third-order valence-corrected chi connectivity index (χ3v) is 11.3. The minimum absolute atomic E-state index is 0.0163. The molecule has 0 aliphatic rings. The molecule has 49 heavy (non-hydrogen) atoms. The Balaban J connectivity index is 0.000000278. The van der Waals surface area contributed by atoms with Crippen molar-refractivity contribution in [2.24, 2.45) is 0 Å². The van der Waals surface area contributed by atoms with Crippen LogP contribution in [0.2, 0.25) is 0 Å². The molecule has 0 atom stereocenters. The molecule has 4 nitrogen and oxygen atoms in total. The summed E-state index contributed by atoms with van der Waals surface area (Å²) in [7, 11) is 5.18. The van der Waals surface area contributed by atoms with Crippen molar-refractivity contribution in [1.82, 2.24) is 9.55 Å². The normalized spacial score (nSPS) is 11.3. The Labute approximate surface area is 296 Å². The molecule has 6 heteroatoms. The van der Waals surface area contributed by atoms with E-state index in [0.29, 0.717) is 0 Å². The number of aromatic nitrogens is 2. The van der Waals surface area contributed by atoms with Gasteiger partial charge in [0, 0.05) is 12.4 Å². The average Bonchev–Trinajstić information content (AvgIpc) is 3.71. The smallest absolute Gasteiger partial charge is 0.119 e. The summed E-state index contributed by atoms with van der Waals surface area (Å²) < 4.78 is 14.6. The highest BCUT2D eigenvalue weighted by atomic mass is 28.2. The van der Waals surface area contributed by atoms with Gasteiger partial charge < -0.3 is 14.0 Å². The van der Waals surface area contributed by atoms with Crippen LogP contribution in [0.5, 0.6) is 11.5 Å². The van der Waals surface area contributed by atoms with E-state index in [2.05, 4.69) is 133 Å². The van der Waals surface area contributed by atoms with E-state index >= 15 is 0 Å². The zero-order valence-corrected chi connectivity index (χ0v) is 30.2. The van der Waals surface area contributed by atoms with Crippen molar-refractivity contribution in [2.45, 2.75) is 50.5 Å². The van der Waals surface area contributed by atoms with Crippen LogP contribution in [0.4, 0.5) is 0 Å². The fraction of sp³-hybridized carbons (Fsp3) is 0.233. The predicted octanol–water partition coefficient (Wildman–Crippen LogP) is 8.43. The summed E-state index contributed by atoms with van der Waals surface area (Å²) >= 11 is 0. The predicted molar refractivity (Wildman–Crippen MR) is 207 cm³/mol. The highest BCUT2D eigenvalue weighted by Crippen LogP contribution is 2.36. The van der Waals surface area contributed by atoms with Crippen LogP contribution in [0.3, 0.4) is 0 Å². The first-order chi connectivity index (χ1) is 24.1. The molecule has 248 valence electrons. The van der Waals surface area contributed by atoms with E-state index in [0.717, 1.165) is 61.5 Å². The molecule has 5 aromatic carbocycles. The van der Waals surface area contributed by atoms with Gasteiger partial charge in [-0.25, -0.2) is 4.98 Å². The molecule has 0 saturated carbocycles. The average molecular weight is 663 g/mol. The van der Waals surface area contributed by atoms with Gasteiger partial charge in [-0.1, -0.05) is 147 Å². The van der Waals surface area contributed by atoms with Crippen LogP contribution in [-0.4, -0.2) is 40.1 Å². The van der Waals surface area contributed by atoms with Crippen LogP contribution in [0.25, 0.3) is 0 Å². The summed E-state index contributed by atoms with van der Waals surface area (Å²) in [4.78, 5) is 4.47. The molecule has 0 saturated heterocycles. The number of ether oxygens (including phenoxy) is 2. The molecule has 0 N–H and O–H groups in total. The second-order valence-corrected chi connectivity index (χ2v) is 14.4. The molecule has 6 aromatic rings. The van der Waals surface area contributed by atoms with Crippen molar-refractivity contribution in [3.8, 4) is 11.5 Å². The Morgan fingerprint density at radius 3 is 1.59 bits per heavy atom. The molecule has 1 heterocycles. The highest BCUT2D eigenvalue weighted by molar-refractivity contribution is 6.57. The zero-order valence-electron chi connectivity index (χ0n) is 28.8. The lowest BCUT2D eigenvalue weighted by Crippen LogP contribution is -2.46. The van der Waals surface area contributed by atoms with E-state index in [-0.39, 0.29) is 11.0 Å². The Morgan fingerprint density at radius 2 is 1.14 bits per heavy atom. The number of benzene rings is 5. The van der Waals surface area contributed by atoms with Crippen LogP contribution < -0.4 is 14.7 Å². The first kappa shape index (κ1) is 35.5. The third kappa shape index (κ3) is 9.64. The van der Waals surface area contributed by atoms with Crippen LogP contribution in [0, 0.1) is 0 Å². The fourth-order valence-electron chi connectivity index (χ4n) is 6.00. The number of nitrogens with zero attached hydrogens (tertiary/aromatic N) is 2. The summed E-state index contributed by atoms with van der Waals surface area (Å²) in [5, 5.41) is 1.00. The maximum absolute atomic E-state index is 6.14. The van der Waals surface area contributed by atoms with Gasteiger partial charge in [0.2, 0.25) is 0 Å². The number of imidazole rings is 1. The molecular formula is C43H47BN2O2Si. The minimum atomic E-state index is -0.937. The number of hydrogen-bond acceptors (Lipinski definition) is 3. The van der Waals surface area contributed by atoms with E-state index in [4.69, 9.17) is 17.3 Å². The molecule has 2 radical (unpaired) electrons. The molecule has 0 aliphatic heterocycles. The zero-order chi connectivity index (χ0) is 34.2. The molecule has 1 aromatic heterocycles. The van der Waals surface area contributed by atoms with Crippen molar-refractivity contribution in [1.29, 1.82) is 0 Å². The summed E-state index contributed by atoms with van der Waals surface area (Å²) in [6.07, 6.45) is 10.2. The Morgan fingerprint density at radius 1 is 0.653 bits per heavy atom. The van der Waals surface area contributed by atoms with Crippen molar-refractivity contribution >= 4 is 22.6 Å². The summed E-state index contributed by atoms with van der Waals surface area (Å²) in [6.45, 7) is 5.83. The van der Waals surface area contributed by atoms with Crippen molar-refractivity contribution in [3.05, 3.63) is 181 Å². The van der Waals surface area contributed by atoms with Crippen molar-refractivity contribution in [3.63, 3.8) is 0 Å². The first-order valence-corrected chi connectivity index (χ1v) is 18.9. The molecule has 0 spiro atoms. The number of unbranched alkanes of at least 4 members (excludes halogenated alkanes) is 2. The second kappa shape index (κ2) is 18.7. The first-order valence-electron chi connectivity index (χ1n) is 17.5. The molecule has 0 aliphatic carbocycles. The van der Waals surface area contributed by atoms with E-state index in [9.17, 15) is 0 Å². The van der Waals surface area contributed by atoms with Crippen molar-refractivity contribution < 1.29 is 9.47 Å². The molecule has 0 amide bonds. The lowest BCUT2D eigenvalue weighted by atomic mass is 9.76. The Hall–Kier alpha value is -4.81. The highest BCUT2D eigenvalue weighted by Gasteiger charge is 2.37. The quantitative estimate of drug-likeness (QED) is 0.0819. The maximum Gasteiger partial charge on any atom is 0.119 e. The lowest BCUT2D eigenvalue weighted by molar-refractivity contribution is 0.308. The molecule has 0 unspecified atom stereocenters. The lowest BCUT2D eigenvalue weighted by Gasteiger charge is -2.37. The van der Waals surface area contributed by atoms with E-state index in [1.54, 1.807) is 0 Å². The molecular weight excluding hydrogens is 615 g/mol. The number of hydrogen-bond donors (Lipinski definition) is 0. The second-order valence-electron chi connectivity index (χ2n) is 12.3. The summed E-state index contributed by atoms with van der Waals surface area (Å²) in [5.41, 5.74) is 4.73. The van der Waals surface area contributed by atoms with E-state index in [1.807, 2.05) is 48.9 Å². The third-order valence-electron chi connectivity index (χ3n) is 8.72. The van der Waals surface area contributed by atoms with Gasteiger partial charge in [0.15, 0.2) is 0 Å². The fourth-order valence-corrected chi connectivity index (χ4v) is 8.32. The van der Waals surface area contributed by atoms with Gasteiger partial charge in [-0.15, -0.1) is 0 Å². The van der Waals surface area contributed by atoms with E-state index in [1.165, 1.54) is 16.3 Å². The topological polar surface area (TPSA) is 36.3 Å². The van der Waals surface area contributed by atoms with Gasteiger partial charge in [0.05, 0.1) is 42.1 Å². The maximum atomic E-state index is 6.14. The Kier molecular flexibility index (Phi) is 13.5. The van der Waals surface area contributed by atoms with Crippen LogP contribution in [-0.2, 0) is 5.16 Å². The minimum Gasteiger partial charge on any atom is -0.494 e. The van der Waals surface area contributed by atoms with Gasteiger partial charge in [-0.2, -0.15) is 0 Å². The number of rotatable bonds is 15. The molecule has 0 fully saturated rings. The van der Waals surface area contributed by atoms with Gasteiger partial charge in [0.25, 0.3) is 0 Å². The summed E-state index contributed by atoms with van der Waals surface area (Å²) in [5.74, 6) is 1.81. The van der Waals surface area contributed by atoms with Gasteiger partial charge >= 0.3 is 0 Å².